The molecule has 0 aliphatic carbocycles. The largest absolute Gasteiger partial charge is 0.444 e. The number of nitrogens with one attached hydrogen (secondary N) is 1. The van der Waals surface area contributed by atoms with E-state index in [4.69, 9.17) is 19.5 Å². The number of anilines is 2. The van der Waals surface area contributed by atoms with Gasteiger partial charge in [-0.1, -0.05) is 0 Å². The van der Waals surface area contributed by atoms with Crippen molar-refractivity contribution >= 4 is 23.4 Å². The molecule has 0 bridgehead atoms. The van der Waals surface area contributed by atoms with Gasteiger partial charge >= 0.3 is 6.09 Å². The highest BCUT2D eigenvalue weighted by atomic mass is 16.6. The number of nitrogens with zero attached hydrogens (tertiary/aromatic N) is 6. The monoisotopic (exact) mass is 711 g/mol. The predicted molar refractivity (Wildman–Crippen MR) is 209 cm³/mol. The van der Waals surface area contributed by atoms with Crippen LogP contribution in [0.5, 0.6) is 0 Å². The molecule has 0 spiro atoms. The summed E-state index contributed by atoms with van der Waals surface area (Å²) in [6, 6.07) is 11.3. The molecule has 1 N–H and O–H groups in total. The van der Waals surface area contributed by atoms with Gasteiger partial charge in [0.25, 0.3) is 5.56 Å². The lowest BCUT2D eigenvalue weighted by molar-refractivity contribution is 0.0240. The molecule has 0 saturated carbocycles. The second kappa shape index (κ2) is 14.9. The molecule has 11 nitrogen and oxygen atoms in total. The van der Waals surface area contributed by atoms with E-state index in [1.165, 1.54) is 16.8 Å². The molecule has 2 fully saturated rings. The van der Waals surface area contributed by atoms with Gasteiger partial charge in [0.15, 0.2) is 0 Å². The number of pyridine rings is 2. The molecule has 0 atom stereocenters. The number of piperazine rings is 1. The average Bonchev–Trinajstić information content (AvgIpc) is 3.38. The molecule has 3 aliphatic rings. The van der Waals surface area contributed by atoms with E-state index in [9.17, 15) is 9.59 Å². The quantitative estimate of drug-likeness (QED) is 0.284. The molecular formula is C41H57N7O4. The first-order valence-corrected chi connectivity index (χ1v) is 18.9. The third kappa shape index (κ3) is 8.30. The minimum Gasteiger partial charge on any atom is -0.444 e. The molecule has 3 aliphatic heterocycles. The second-order valence-corrected chi connectivity index (χ2v) is 16.2. The van der Waals surface area contributed by atoms with E-state index < -0.39 is 5.60 Å². The van der Waals surface area contributed by atoms with Crippen LogP contribution in [-0.2, 0) is 16.0 Å². The minimum atomic E-state index is -0.513. The summed E-state index contributed by atoms with van der Waals surface area (Å²) in [5.41, 5.74) is 7.31. The lowest BCUT2D eigenvalue weighted by Gasteiger charge is -2.37. The van der Waals surface area contributed by atoms with Gasteiger partial charge in [0.1, 0.15) is 17.3 Å². The molecule has 0 unspecified atom stereocenters. The minimum absolute atomic E-state index is 0.0980. The van der Waals surface area contributed by atoms with Crippen molar-refractivity contribution < 1.29 is 14.3 Å². The zero-order valence-electron chi connectivity index (χ0n) is 32.6. The fourth-order valence-electron chi connectivity index (χ4n) is 7.81. The van der Waals surface area contributed by atoms with Crippen LogP contribution in [0.2, 0.25) is 0 Å². The topological polar surface area (TPSA) is 107 Å². The van der Waals surface area contributed by atoms with Gasteiger partial charge in [-0.3, -0.25) is 9.79 Å². The van der Waals surface area contributed by atoms with Crippen molar-refractivity contribution in [1.29, 1.82) is 0 Å². The molecule has 1 amide bonds. The molecule has 6 rings (SSSR count). The number of hydrogen-bond acceptors (Lipinski definition) is 9. The summed E-state index contributed by atoms with van der Waals surface area (Å²) in [5, 5.41) is 0. The standard InChI is InChI=1S/C41H57N7O4/c1-10-48(33-13-19-51-20-14-33)34-23-31(30-11-12-35(42-24-30)45-15-17-46(18-16-45)39(50)52-40(5,6)7)22-32(29(34)4)25-47-26-41(8,9)44-37(47)36-27(2)21-28(3)43-38(36)49/h11-12,21-24,33H,10,13-20,25-26H2,1-9H3,(H,43,49). The fraction of sp³-hybridized carbons (Fsp3) is 0.561. The number of aryl methyl sites for hydroxylation is 2. The Morgan fingerprint density at radius 3 is 2.37 bits per heavy atom. The molecular weight excluding hydrogens is 654 g/mol. The highest BCUT2D eigenvalue weighted by Gasteiger charge is 2.35. The third-order valence-electron chi connectivity index (χ3n) is 10.3. The summed E-state index contributed by atoms with van der Waals surface area (Å²) in [6.45, 7) is 24.7. The number of H-pyrrole nitrogens is 1. The van der Waals surface area contributed by atoms with Crippen molar-refractivity contribution in [2.45, 2.75) is 98.9 Å². The number of carbonyl (C=O) groups is 1. The number of rotatable bonds is 8. The SMILES string of the molecule is CCN(c1cc(-c2ccc(N3CCN(C(=O)OC(C)(C)C)CC3)nc2)cc(CN2CC(C)(C)N=C2c2c(C)cc(C)[nH]c2=O)c1C)C1CCOCC1. The Labute approximate surface area is 309 Å². The van der Waals surface area contributed by atoms with E-state index in [0.29, 0.717) is 50.9 Å². The lowest BCUT2D eigenvalue weighted by atomic mass is 9.95. The zero-order valence-corrected chi connectivity index (χ0v) is 32.6. The van der Waals surface area contributed by atoms with Gasteiger partial charge in [-0.2, -0.15) is 0 Å². The molecule has 280 valence electrons. The first-order chi connectivity index (χ1) is 24.6. The number of aliphatic imine (C=N–C) groups is 1. The maximum Gasteiger partial charge on any atom is 0.410 e. The number of carbonyl (C=O) groups excluding carboxylic acids is 1. The summed E-state index contributed by atoms with van der Waals surface area (Å²) in [5.74, 6) is 1.65. The van der Waals surface area contributed by atoms with E-state index in [1.54, 1.807) is 4.90 Å². The normalized spacial score (nSPS) is 18.1. The van der Waals surface area contributed by atoms with Crippen LogP contribution in [0.3, 0.4) is 0 Å². The summed E-state index contributed by atoms with van der Waals surface area (Å²) >= 11 is 0. The van der Waals surface area contributed by atoms with Crippen LogP contribution >= 0.6 is 0 Å². The van der Waals surface area contributed by atoms with Gasteiger partial charge in [0, 0.05) is 88.2 Å². The molecule has 1 aromatic carbocycles. The summed E-state index contributed by atoms with van der Waals surface area (Å²) < 4.78 is 11.3. The van der Waals surface area contributed by atoms with Gasteiger partial charge < -0.3 is 34.1 Å². The van der Waals surface area contributed by atoms with E-state index >= 15 is 0 Å². The van der Waals surface area contributed by atoms with Gasteiger partial charge in [-0.15, -0.1) is 0 Å². The maximum absolute atomic E-state index is 13.3. The third-order valence-corrected chi connectivity index (χ3v) is 10.3. The van der Waals surface area contributed by atoms with E-state index in [-0.39, 0.29) is 17.2 Å². The highest BCUT2D eigenvalue weighted by Crippen LogP contribution is 2.36. The van der Waals surface area contributed by atoms with Crippen LogP contribution in [0.4, 0.5) is 16.3 Å². The van der Waals surface area contributed by atoms with E-state index in [2.05, 4.69) is 71.6 Å². The maximum atomic E-state index is 13.3. The number of amidine groups is 1. The van der Waals surface area contributed by atoms with Crippen molar-refractivity contribution in [2.24, 2.45) is 4.99 Å². The van der Waals surface area contributed by atoms with Gasteiger partial charge in [-0.05, 0) is 128 Å². The number of benzene rings is 1. The number of amides is 1. The highest BCUT2D eigenvalue weighted by molar-refractivity contribution is 6.01. The fourth-order valence-corrected chi connectivity index (χ4v) is 7.81. The number of ether oxygens (including phenoxy) is 2. The van der Waals surface area contributed by atoms with Crippen LogP contribution in [0.1, 0.15) is 82.3 Å². The summed E-state index contributed by atoms with van der Waals surface area (Å²) in [6.07, 6.45) is 3.70. The Morgan fingerprint density at radius 1 is 1.04 bits per heavy atom. The van der Waals surface area contributed by atoms with Crippen molar-refractivity contribution in [3.8, 4) is 11.1 Å². The van der Waals surface area contributed by atoms with E-state index in [0.717, 1.165) is 66.6 Å². The van der Waals surface area contributed by atoms with Gasteiger partial charge in [-0.25, -0.2) is 9.78 Å². The molecule has 2 aromatic heterocycles. The van der Waals surface area contributed by atoms with Crippen LogP contribution in [-0.4, -0.2) is 101 Å². The van der Waals surface area contributed by atoms with Crippen LogP contribution in [0, 0.1) is 20.8 Å². The molecule has 52 heavy (non-hydrogen) atoms. The second-order valence-electron chi connectivity index (χ2n) is 16.2. The Bertz CT molecular complexity index is 1850. The summed E-state index contributed by atoms with van der Waals surface area (Å²) in [4.78, 5) is 47.9. The summed E-state index contributed by atoms with van der Waals surface area (Å²) in [7, 11) is 0. The van der Waals surface area contributed by atoms with Crippen molar-refractivity contribution in [3.05, 3.63) is 74.8 Å². The zero-order chi connectivity index (χ0) is 37.4. The Morgan fingerprint density at radius 2 is 1.75 bits per heavy atom. The number of aromatic amines is 1. The Balaban J connectivity index is 1.31. The van der Waals surface area contributed by atoms with Gasteiger partial charge in [0.05, 0.1) is 11.1 Å². The van der Waals surface area contributed by atoms with Crippen molar-refractivity contribution in [2.75, 3.05) is 62.3 Å². The van der Waals surface area contributed by atoms with Crippen molar-refractivity contribution in [1.82, 2.24) is 19.8 Å². The Hall–Kier alpha value is -4.38. The molecule has 5 heterocycles. The first-order valence-electron chi connectivity index (χ1n) is 18.9. The Kier molecular flexibility index (Phi) is 10.7. The smallest absolute Gasteiger partial charge is 0.410 e. The first kappa shape index (κ1) is 37.4. The number of hydrogen-bond donors (Lipinski definition) is 1. The molecule has 0 radical (unpaired) electrons. The lowest BCUT2D eigenvalue weighted by Crippen LogP contribution is -2.50. The van der Waals surface area contributed by atoms with Crippen molar-refractivity contribution in [3.63, 3.8) is 0 Å². The van der Waals surface area contributed by atoms with Crippen LogP contribution < -0.4 is 15.4 Å². The average molecular weight is 712 g/mol. The van der Waals surface area contributed by atoms with Gasteiger partial charge in [0.2, 0.25) is 0 Å². The predicted octanol–water partition coefficient (Wildman–Crippen LogP) is 6.47. The van der Waals surface area contributed by atoms with Crippen LogP contribution in [0.15, 0.2) is 46.3 Å². The van der Waals surface area contributed by atoms with E-state index in [1.807, 2.05) is 46.9 Å². The molecule has 2 saturated heterocycles. The molecule has 11 heteroatoms. The molecule has 3 aromatic rings. The number of aromatic nitrogens is 2. The van der Waals surface area contributed by atoms with Crippen LogP contribution in [0.25, 0.3) is 11.1 Å².